The Kier molecular flexibility index (Phi) is 13.6. The molecule has 0 atom stereocenters. The van der Waals surface area contributed by atoms with Crippen LogP contribution < -0.4 is 20.7 Å². The van der Waals surface area contributed by atoms with E-state index < -0.39 is 0 Å². The van der Waals surface area contributed by atoms with Crippen molar-refractivity contribution in [3.63, 3.8) is 0 Å². The molecule has 3 N–H and O–H groups in total. The molecule has 0 unspecified atom stereocenters. The molecule has 1 aliphatic heterocycles. The Balaban J connectivity index is 0.00000253. The second-order valence-corrected chi connectivity index (χ2v) is 10.6. The van der Waals surface area contributed by atoms with Crippen molar-refractivity contribution in [2.75, 3.05) is 76.8 Å². The number of benzene rings is 2. The largest absolute Gasteiger partial charge is 0.489 e. The van der Waals surface area contributed by atoms with Crippen molar-refractivity contribution in [2.45, 2.75) is 19.4 Å². The van der Waals surface area contributed by atoms with Gasteiger partial charge in [-0.3, -0.25) is 9.69 Å². The summed E-state index contributed by atoms with van der Waals surface area (Å²) in [6.07, 6.45) is 1.75. The minimum atomic E-state index is -0.135. The normalized spacial score (nSPS) is 14.1. The molecule has 2 aliphatic rings. The molecule has 0 spiro atoms. The van der Waals surface area contributed by atoms with E-state index >= 15 is 0 Å². The fraction of sp³-hybridized carbons (Fsp3) is 0.433. The van der Waals surface area contributed by atoms with Crippen LogP contribution in [0.4, 0.5) is 11.8 Å². The first-order chi connectivity index (χ1) is 20.0. The Bertz CT molecular complexity index is 1340. The zero-order valence-corrected chi connectivity index (χ0v) is 26.6. The molecule has 1 amide bonds. The number of nitrogen functional groups attached to an aromatic ring is 1. The van der Waals surface area contributed by atoms with Gasteiger partial charge in [-0.25, -0.2) is 4.98 Å². The molecule has 1 saturated heterocycles. The van der Waals surface area contributed by atoms with Gasteiger partial charge in [0, 0.05) is 55.9 Å². The number of ether oxygens (including phenoxy) is 3. The molecule has 43 heavy (non-hydrogen) atoms. The first-order valence-corrected chi connectivity index (χ1v) is 14.4. The first kappa shape index (κ1) is 34.6. The van der Waals surface area contributed by atoms with Crippen molar-refractivity contribution in [3.05, 3.63) is 64.2 Å². The fourth-order valence-electron chi connectivity index (χ4n) is 5.14. The number of likely N-dealkylation sites (N-methyl/N-ethyl adjacent to an activating group) is 1. The number of nitrogens with two attached hydrogens (primary N) is 1. The zero-order valence-electron chi connectivity index (χ0n) is 24.2. The lowest BCUT2D eigenvalue weighted by atomic mass is 9.88. The first-order valence-electron chi connectivity index (χ1n) is 14.0. The third kappa shape index (κ3) is 9.31. The van der Waals surface area contributed by atoms with Gasteiger partial charge in [0.05, 0.1) is 25.5 Å². The quantitative estimate of drug-likeness (QED) is 0.282. The van der Waals surface area contributed by atoms with Crippen LogP contribution in [0.2, 0.25) is 5.02 Å². The van der Waals surface area contributed by atoms with Crippen LogP contribution in [0.5, 0.6) is 5.75 Å². The summed E-state index contributed by atoms with van der Waals surface area (Å²) in [5.41, 5.74) is 11.7. The van der Waals surface area contributed by atoms with Gasteiger partial charge in [-0.2, -0.15) is 4.98 Å². The summed E-state index contributed by atoms with van der Waals surface area (Å²) in [7, 11) is 1.59. The highest BCUT2D eigenvalue weighted by molar-refractivity contribution is 6.30. The molecular weight excluding hydrogens is 615 g/mol. The van der Waals surface area contributed by atoms with E-state index in [-0.39, 0.29) is 37.3 Å². The molecule has 0 saturated carbocycles. The summed E-state index contributed by atoms with van der Waals surface area (Å²) < 4.78 is 17.0. The van der Waals surface area contributed by atoms with E-state index in [1.807, 2.05) is 30.3 Å². The van der Waals surface area contributed by atoms with Crippen molar-refractivity contribution in [1.82, 2.24) is 20.2 Å². The monoisotopic (exact) mass is 652 g/mol. The summed E-state index contributed by atoms with van der Waals surface area (Å²) >= 11 is 5.99. The Morgan fingerprint density at radius 1 is 0.977 bits per heavy atom. The fourth-order valence-corrected chi connectivity index (χ4v) is 5.27. The van der Waals surface area contributed by atoms with Crippen molar-refractivity contribution < 1.29 is 19.0 Å². The number of carbonyl (C=O) groups is 1. The van der Waals surface area contributed by atoms with E-state index in [4.69, 9.17) is 36.5 Å². The number of piperazine rings is 1. The molecule has 2 aromatic carbocycles. The summed E-state index contributed by atoms with van der Waals surface area (Å²) in [5.74, 6) is 1.94. The number of hydrogen-bond donors (Lipinski definition) is 2. The predicted octanol–water partition coefficient (Wildman–Crippen LogP) is 3.80. The summed E-state index contributed by atoms with van der Waals surface area (Å²) in [4.78, 5) is 25.2. The topological polar surface area (TPSA) is 115 Å². The number of rotatable bonds is 12. The second-order valence-electron chi connectivity index (χ2n) is 10.1. The smallest absolute Gasteiger partial charge is 0.245 e. The van der Waals surface area contributed by atoms with Crippen molar-refractivity contribution in [3.8, 4) is 17.0 Å². The van der Waals surface area contributed by atoms with E-state index in [1.165, 1.54) is 5.56 Å². The number of carbonyl (C=O) groups excluding carboxylic acids is 1. The zero-order chi connectivity index (χ0) is 28.6. The van der Waals surface area contributed by atoms with Crippen LogP contribution in [-0.4, -0.2) is 87.0 Å². The minimum absolute atomic E-state index is 0. The van der Waals surface area contributed by atoms with Gasteiger partial charge < -0.3 is 30.2 Å². The Hall–Kier alpha value is -2.86. The molecule has 2 heterocycles. The number of fused-ring (bicyclic) bond motifs is 3. The van der Waals surface area contributed by atoms with Gasteiger partial charge in [-0.15, -0.1) is 24.8 Å². The van der Waals surface area contributed by atoms with Gasteiger partial charge in [-0.1, -0.05) is 23.7 Å². The predicted molar refractivity (Wildman–Crippen MR) is 174 cm³/mol. The third-order valence-electron chi connectivity index (χ3n) is 7.41. The number of nitrogens with zero attached hydrogens (tertiary/aromatic N) is 4. The van der Waals surface area contributed by atoms with Crippen molar-refractivity contribution in [1.29, 1.82) is 0 Å². The van der Waals surface area contributed by atoms with E-state index in [9.17, 15) is 4.79 Å². The Labute approximate surface area is 270 Å². The SMILES string of the molecule is CNC(=O)COCCOCCN1CCN(c2nc(N)nc3c2CCc2cc(OCc4ccc(Cl)cc4)ccc2-3)CC1.Cl.Cl. The Morgan fingerprint density at radius 3 is 2.47 bits per heavy atom. The number of hydrogen-bond acceptors (Lipinski definition) is 9. The van der Waals surface area contributed by atoms with Crippen LogP contribution in [0.1, 0.15) is 16.7 Å². The molecule has 0 bridgehead atoms. The van der Waals surface area contributed by atoms with Gasteiger partial charge in [-0.05, 0) is 54.3 Å². The summed E-state index contributed by atoms with van der Waals surface area (Å²) in [6.45, 7) is 6.46. The van der Waals surface area contributed by atoms with Crippen LogP contribution in [-0.2, 0) is 33.7 Å². The highest BCUT2D eigenvalue weighted by Gasteiger charge is 2.27. The number of anilines is 2. The molecule has 234 valence electrons. The molecule has 1 fully saturated rings. The van der Waals surface area contributed by atoms with Gasteiger partial charge in [0.25, 0.3) is 0 Å². The average molecular weight is 654 g/mol. The highest BCUT2D eigenvalue weighted by atomic mass is 35.5. The maximum atomic E-state index is 11.2. The van der Waals surface area contributed by atoms with Crippen molar-refractivity contribution >= 4 is 54.1 Å². The number of halogens is 3. The number of aryl methyl sites for hydroxylation is 1. The van der Waals surface area contributed by atoms with E-state index in [0.29, 0.717) is 37.4 Å². The maximum Gasteiger partial charge on any atom is 0.245 e. The number of aromatic nitrogens is 2. The summed E-state index contributed by atoms with van der Waals surface area (Å²) in [6, 6.07) is 13.9. The van der Waals surface area contributed by atoms with Crippen molar-refractivity contribution in [2.24, 2.45) is 0 Å². The number of amides is 1. The molecule has 5 rings (SSSR count). The maximum absolute atomic E-state index is 11.2. The summed E-state index contributed by atoms with van der Waals surface area (Å²) in [5, 5.41) is 3.24. The minimum Gasteiger partial charge on any atom is -0.489 e. The van der Waals surface area contributed by atoms with Gasteiger partial charge in [0.2, 0.25) is 11.9 Å². The molecule has 1 aromatic heterocycles. The highest BCUT2D eigenvalue weighted by Crippen LogP contribution is 2.38. The molecule has 10 nitrogen and oxygen atoms in total. The van der Waals surface area contributed by atoms with E-state index in [0.717, 1.165) is 79.5 Å². The van der Waals surface area contributed by atoms with Crippen LogP contribution >= 0.6 is 36.4 Å². The van der Waals surface area contributed by atoms with E-state index in [2.05, 4.69) is 32.2 Å². The number of nitrogens with one attached hydrogen (secondary N) is 1. The lowest BCUT2D eigenvalue weighted by Gasteiger charge is -2.37. The van der Waals surface area contributed by atoms with E-state index in [1.54, 1.807) is 7.05 Å². The molecule has 13 heteroatoms. The van der Waals surface area contributed by atoms with Gasteiger partial charge >= 0.3 is 0 Å². The van der Waals surface area contributed by atoms with Gasteiger partial charge in [0.15, 0.2) is 0 Å². The standard InChI is InChI=1S/C30H37ClN6O4.2ClH/c1-33-27(38)20-40-17-16-39-15-14-36-10-12-37(13-11-36)29-26-8-4-22-18-24(41-19-21-2-5-23(31)6-3-21)7-9-25(22)28(26)34-30(32)35-29;;/h2-3,5-7,9,18H,4,8,10-17,19-20H2,1H3,(H,33,38)(H2,32,34,35);2*1H. The molecule has 1 aliphatic carbocycles. The molecular formula is C30H39Cl3N6O4. The molecule has 0 radical (unpaired) electrons. The van der Waals surface area contributed by atoms with Crippen LogP contribution in [0, 0.1) is 0 Å². The van der Waals surface area contributed by atoms with Gasteiger partial charge in [0.1, 0.15) is 24.8 Å². The van der Waals surface area contributed by atoms with Crippen LogP contribution in [0.15, 0.2) is 42.5 Å². The second kappa shape index (κ2) is 16.8. The van der Waals surface area contributed by atoms with Crippen LogP contribution in [0.3, 0.4) is 0 Å². The lowest BCUT2D eigenvalue weighted by Crippen LogP contribution is -2.48. The molecule has 3 aromatic rings. The average Bonchev–Trinajstić information content (AvgIpc) is 2.99. The third-order valence-corrected chi connectivity index (χ3v) is 7.66. The Morgan fingerprint density at radius 2 is 1.72 bits per heavy atom. The van der Waals surface area contributed by atoms with Crippen LogP contribution in [0.25, 0.3) is 11.3 Å². The lowest BCUT2D eigenvalue weighted by molar-refractivity contribution is -0.125.